The topological polar surface area (TPSA) is 21.3 Å². The molecule has 1 N–H and O–H groups in total. The lowest BCUT2D eigenvalue weighted by Crippen LogP contribution is -2.31. The lowest BCUT2D eigenvalue weighted by atomic mass is 9.98. The Morgan fingerprint density at radius 1 is 1.10 bits per heavy atom. The molecule has 0 spiro atoms. The van der Waals surface area contributed by atoms with Gasteiger partial charge in [-0.05, 0) is 36.1 Å². The van der Waals surface area contributed by atoms with Crippen molar-refractivity contribution >= 4 is 0 Å². The second kappa shape index (κ2) is 6.77. The van der Waals surface area contributed by atoms with Crippen molar-refractivity contribution in [1.82, 2.24) is 5.32 Å². The number of nitrogens with one attached hydrogen (secondary N) is 1. The summed E-state index contributed by atoms with van der Waals surface area (Å²) in [4.78, 5) is 0. The van der Waals surface area contributed by atoms with Crippen LogP contribution in [0.1, 0.15) is 30.4 Å². The van der Waals surface area contributed by atoms with Gasteiger partial charge >= 0.3 is 0 Å². The Bertz CT molecular complexity index is 542. The zero-order valence-corrected chi connectivity index (χ0v) is 12.6. The van der Waals surface area contributed by atoms with Crippen molar-refractivity contribution in [2.45, 2.75) is 31.8 Å². The summed E-state index contributed by atoms with van der Waals surface area (Å²) >= 11 is 0. The first kappa shape index (κ1) is 14.2. The molecule has 2 aromatic rings. The van der Waals surface area contributed by atoms with Gasteiger partial charge in [0, 0.05) is 13.0 Å². The molecule has 21 heavy (non-hydrogen) atoms. The van der Waals surface area contributed by atoms with Crippen LogP contribution in [0.15, 0.2) is 54.6 Å². The van der Waals surface area contributed by atoms with Gasteiger partial charge in [-0.15, -0.1) is 0 Å². The van der Waals surface area contributed by atoms with Crippen molar-refractivity contribution in [3.63, 3.8) is 0 Å². The van der Waals surface area contributed by atoms with Crippen LogP contribution >= 0.6 is 0 Å². The van der Waals surface area contributed by atoms with Gasteiger partial charge in [0.25, 0.3) is 0 Å². The number of para-hydroxylation sites is 1. The maximum absolute atomic E-state index is 5.94. The summed E-state index contributed by atoms with van der Waals surface area (Å²) < 4.78 is 5.94. The molecule has 0 saturated heterocycles. The summed E-state index contributed by atoms with van der Waals surface area (Å²) in [6, 6.07) is 19.1. The van der Waals surface area contributed by atoms with E-state index in [4.69, 9.17) is 4.74 Å². The second-order valence-corrected chi connectivity index (χ2v) is 5.86. The van der Waals surface area contributed by atoms with E-state index in [0.717, 1.165) is 31.7 Å². The Morgan fingerprint density at radius 2 is 1.86 bits per heavy atom. The average Bonchev–Trinajstić information content (AvgIpc) is 2.95. The van der Waals surface area contributed by atoms with Crippen LogP contribution in [0.3, 0.4) is 0 Å². The van der Waals surface area contributed by atoms with E-state index in [0.29, 0.717) is 5.92 Å². The molecule has 2 heteroatoms. The van der Waals surface area contributed by atoms with Gasteiger partial charge in [0.15, 0.2) is 0 Å². The molecule has 2 nitrogen and oxygen atoms in total. The van der Waals surface area contributed by atoms with Gasteiger partial charge in [-0.1, -0.05) is 55.5 Å². The van der Waals surface area contributed by atoms with E-state index in [-0.39, 0.29) is 6.10 Å². The molecule has 1 heterocycles. The predicted octanol–water partition coefficient (Wildman–Crippen LogP) is 3.77. The molecule has 0 aliphatic carbocycles. The highest BCUT2D eigenvalue weighted by atomic mass is 16.5. The van der Waals surface area contributed by atoms with E-state index < -0.39 is 0 Å². The first-order chi connectivity index (χ1) is 10.3. The Hall–Kier alpha value is -1.80. The van der Waals surface area contributed by atoms with Gasteiger partial charge in [-0.2, -0.15) is 0 Å². The predicted molar refractivity (Wildman–Crippen MR) is 86.9 cm³/mol. The normalized spacial score (nSPS) is 18.0. The number of benzene rings is 2. The van der Waals surface area contributed by atoms with Gasteiger partial charge in [0.2, 0.25) is 0 Å². The summed E-state index contributed by atoms with van der Waals surface area (Å²) in [5.41, 5.74) is 2.76. The summed E-state index contributed by atoms with van der Waals surface area (Å²) in [6.07, 6.45) is 2.47. The smallest absolute Gasteiger partial charge is 0.123 e. The molecule has 2 atom stereocenters. The first-order valence-electron chi connectivity index (χ1n) is 7.83. The number of hydrogen-bond acceptors (Lipinski definition) is 2. The average molecular weight is 281 g/mol. The van der Waals surface area contributed by atoms with Crippen LogP contribution < -0.4 is 10.1 Å². The van der Waals surface area contributed by atoms with Gasteiger partial charge in [0.1, 0.15) is 11.9 Å². The molecule has 1 aliphatic rings. The Morgan fingerprint density at radius 3 is 2.67 bits per heavy atom. The summed E-state index contributed by atoms with van der Waals surface area (Å²) in [5, 5.41) is 3.54. The molecule has 2 unspecified atom stereocenters. The van der Waals surface area contributed by atoms with E-state index in [9.17, 15) is 0 Å². The highest BCUT2D eigenvalue weighted by Crippen LogP contribution is 2.27. The lowest BCUT2D eigenvalue weighted by Gasteiger charge is -2.15. The van der Waals surface area contributed by atoms with Crippen LogP contribution in [0.25, 0.3) is 0 Å². The third-order valence-electron chi connectivity index (χ3n) is 4.21. The maximum Gasteiger partial charge on any atom is 0.123 e. The highest BCUT2D eigenvalue weighted by Gasteiger charge is 2.21. The highest BCUT2D eigenvalue weighted by molar-refractivity contribution is 5.37. The van der Waals surface area contributed by atoms with Crippen LogP contribution in [0.5, 0.6) is 5.75 Å². The Balaban J connectivity index is 1.38. The monoisotopic (exact) mass is 281 g/mol. The molecule has 0 bridgehead atoms. The molecule has 3 rings (SSSR count). The minimum absolute atomic E-state index is 0.287. The lowest BCUT2D eigenvalue weighted by molar-refractivity contribution is 0.227. The molecule has 1 aliphatic heterocycles. The minimum atomic E-state index is 0.287. The van der Waals surface area contributed by atoms with Crippen molar-refractivity contribution < 1.29 is 4.74 Å². The van der Waals surface area contributed by atoms with Crippen molar-refractivity contribution in [2.75, 3.05) is 13.1 Å². The zero-order valence-electron chi connectivity index (χ0n) is 12.6. The van der Waals surface area contributed by atoms with Crippen LogP contribution in [0.2, 0.25) is 0 Å². The molecular weight excluding hydrogens is 258 g/mol. The molecule has 0 aromatic heterocycles. The van der Waals surface area contributed by atoms with E-state index in [1.165, 1.54) is 11.1 Å². The van der Waals surface area contributed by atoms with Crippen LogP contribution in [0.4, 0.5) is 0 Å². The second-order valence-electron chi connectivity index (χ2n) is 5.86. The van der Waals surface area contributed by atoms with Crippen molar-refractivity contribution in [3.05, 3.63) is 65.7 Å². The van der Waals surface area contributed by atoms with Crippen molar-refractivity contribution in [3.8, 4) is 5.75 Å². The first-order valence-corrected chi connectivity index (χ1v) is 7.83. The van der Waals surface area contributed by atoms with Crippen LogP contribution in [0, 0.1) is 0 Å². The third kappa shape index (κ3) is 3.64. The zero-order chi connectivity index (χ0) is 14.5. The van der Waals surface area contributed by atoms with E-state index in [1.54, 1.807) is 0 Å². The molecule has 110 valence electrons. The Labute approximate surface area is 127 Å². The van der Waals surface area contributed by atoms with Gasteiger partial charge < -0.3 is 10.1 Å². The summed E-state index contributed by atoms with van der Waals surface area (Å²) in [7, 11) is 0. The molecule has 0 saturated carbocycles. The number of rotatable bonds is 6. The SMILES string of the molecule is CC(CCNCC1Cc2ccccc2O1)c1ccccc1. The van der Waals surface area contributed by atoms with E-state index in [2.05, 4.69) is 60.8 Å². The van der Waals surface area contributed by atoms with Crippen LogP contribution in [-0.2, 0) is 6.42 Å². The minimum Gasteiger partial charge on any atom is -0.488 e. The van der Waals surface area contributed by atoms with Crippen molar-refractivity contribution in [1.29, 1.82) is 0 Å². The molecule has 0 fully saturated rings. The fourth-order valence-corrected chi connectivity index (χ4v) is 2.90. The maximum atomic E-state index is 5.94. The third-order valence-corrected chi connectivity index (χ3v) is 4.21. The van der Waals surface area contributed by atoms with Crippen molar-refractivity contribution in [2.24, 2.45) is 0 Å². The van der Waals surface area contributed by atoms with E-state index >= 15 is 0 Å². The Kier molecular flexibility index (Phi) is 4.56. The summed E-state index contributed by atoms with van der Waals surface area (Å²) in [6.45, 7) is 4.25. The molecule has 0 amide bonds. The van der Waals surface area contributed by atoms with Gasteiger partial charge in [-0.25, -0.2) is 0 Å². The number of ether oxygens (including phenoxy) is 1. The number of fused-ring (bicyclic) bond motifs is 1. The largest absolute Gasteiger partial charge is 0.488 e. The standard InChI is InChI=1S/C19H23NO/c1-15(16-7-3-2-4-8-16)11-12-20-14-18-13-17-9-5-6-10-19(17)21-18/h2-10,15,18,20H,11-14H2,1H3. The summed E-state index contributed by atoms with van der Waals surface area (Å²) in [5.74, 6) is 1.65. The fraction of sp³-hybridized carbons (Fsp3) is 0.368. The fourth-order valence-electron chi connectivity index (χ4n) is 2.90. The molecular formula is C19H23NO. The van der Waals surface area contributed by atoms with Gasteiger partial charge in [-0.3, -0.25) is 0 Å². The van der Waals surface area contributed by atoms with Crippen LogP contribution in [-0.4, -0.2) is 19.2 Å². The molecule has 2 aromatic carbocycles. The van der Waals surface area contributed by atoms with Gasteiger partial charge in [0.05, 0.1) is 0 Å². The number of hydrogen-bond donors (Lipinski definition) is 1. The quantitative estimate of drug-likeness (QED) is 0.814. The van der Waals surface area contributed by atoms with E-state index in [1.807, 2.05) is 6.07 Å². The molecule has 0 radical (unpaired) electrons.